The summed E-state index contributed by atoms with van der Waals surface area (Å²) in [5.74, 6) is -0.565. The lowest BCUT2D eigenvalue weighted by molar-refractivity contribution is 0.0694. The molecule has 0 spiro atoms. The lowest BCUT2D eigenvalue weighted by Gasteiger charge is -2.17. The molecule has 0 aliphatic rings. The van der Waals surface area contributed by atoms with Crippen LogP contribution < -0.4 is 5.32 Å². The summed E-state index contributed by atoms with van der Waals surface area (Å²) in [6.07, 6.45) is 0.593. The van der Waals surface area contributed by atoms with Crippen LogP contribution in [0, 0.1) is 5.82 Å². The molecule has 4 aromatic rings. The summed E-state index contributed by atoms with van der Waals surface area (Å²) in [5.41, 5.74) is 2.36. The number of hydrogen-bond acceptors (Lipinski definition) is 3. The minimum atomic E-state index is -0.974. The Labute approximate surface area is 195 Å². The Bertz CT molecular complexity index is 1270. The molecule has 164 valence electrons. The zero-order chi connectivity index (χ0) is 22.9. The first kappa shape index (κ1) is 22.5. The molecule has 0 radical (unpaired) electrons. The summed E-state index contributed by atoms with van der Waals surface area (Å²) in [6.45, 7) is 3.47. The molecule has 0 saturated heterocycles. The lowest BCUT2D eigenvalue weighted by atomic mass is 10.0. The van der Waals surface area contributed by atoms with Gasteiger partial charge < -0.3 is 10.4 Å². The smallest absolute Gasteiger partial charge is 0.251 e. The number of benzene rings is 3. The highest BCUT2D eigenvalue weighted by Gasteiger charge is 2.16. The summed E-state index contributed by atoms with van der Waals surface area (Å²) in [5, 5.41) is 14.1. The summed E-state index contributed by atoms with van der Waals surface area (Å²) in [4.78, 5) is 13.6. The summed E-state index contributed by atoms with van der Waals surface area (Å²) in [7, 11) is 0. The van der Waals surface area contributed by atoms with Gasteiger partial charge in [0.15, 0.2) is 0 Å². The van der Waals surface area contributed by atoms with Crippen molar-refractivity contribution in [2.45, 2.75) is 25.9 Å². The highest BCUT2D eigenvalue weighted by molar-refractivity contribution is 7.19. The number of thiophene rings is 1. The van der Waals surface area contributed by atoms with E-state index in [-0.39, 0.29) is 18.3 Å². The molecular formula is C26H23ClFNO2S. The third-order valence-electron chi connectivity index (χ3n) is 5.01. The number of nitrogens with one attached hydrogen (secondary N) is 1. The molecule has 1 heterocycles. The van der Waals surface area contributed by atoms with Crippen molar-refractivity contribution in [2.24, 2.45) is 0 Å². The lowest BCUT2D eigenvalue weighted by Crippen LogP contribution is -2.38. The van der Waals surface area contributed by atoms with Crippen LogP contribution >= 0.6 is 22.9 Å². The van der Waals surface area contributed by atoms with Crippen molar-refractivity contribution in [1.29, 1.82) is 0 Å². The fraction of sp³-hybridized carbons (Fsp3) is 0.192. The minimum Gasteiger partial charge on any atom is -0.389 e. The molecule has 0 atom stereocenters. The average Bonchev–Trinajstić information content (AvgIpc) is 3.13. The molecule has 0 fully saturated rings. The van der Waals surface area contributed by atoms with Crippen LogP contribution in [0.15, 0.2) is 66.7 Å². The number of hydrogen-bond donors (Lipinski definition) is 2. The molecule has 32 heavy (non-hydrogen) atoms. The maximum Gasteiger partial charge on any atom is 0.251 e. The fourth-order valence-electron chi connectivity index (χ4n) is 3.57. The van der Waals surface area contributed by atoms with Gasteiger partial charge in [0, 0.05) is 33.1 Å². The third kappa shape index (κ3) is 5.36. The molecule has 4 rings (SSSR count). The van der Waals surface area contributed by atoms with Gasteiger partial charge in [-0.25, -0.2) is 4.39 Å². The number of rotatable bonds is 6. The average molecular weight is 468 g/mol. The van der Waals surface area contributed by atoms with E-state index < -0.39 is 5.60 Å². The summed E-state index contributed by atoms with van der Waals surface area (Å²) >= 11 is 7.66. The van der Waals surface area contributed by atoms with Gasteiger partial charge >= 0.3 is 0 Å². The SMILES string of the molecule is CC(C)(O)CNC(=O)c1cccc(-c2cccc3cc(Cc4cc(F)cc(Cl)c4)sc23)c1. The molecular weight excluding hydrogens is 445 g/mol. The van der Waals surface area contributed by atoms with E-state index in [0.29, 0.717) is 17.0 Å². The monoisotopic (exact) mass is 467 g/mol. The van der Waals surface area contributed by atoms with Crippen molar-refractivity contribution >= 4 is 38.9 Å². The Morgan fingerprint density at radius 2 is 1.88 bits per heavy atom. The fourth-order valence-corrected chi connectivity index (χ4v) is 5.04. The number of carbonyl (C=O) groups excluding carboxylic acids is 1. The molecule has 3 nitrogen and oxygen atoms in total. The van der Waals surface area contributed by atoms with Crippen LogP contribution in [0.25, 0.3) is 21.2 Å². The molecule has 1 aromatic heterocycles. The molecule has 0 aliphatic heterocycles. The van der Waals surface area contributed by atoms with E-state index >= 15 is 0 Å². The molecule has 2 N–H and O–H groups in total. The Balaban J connectivity index is 1.64. The van der Waals surface area contributed by atoms with E-state index in [2.05, 4.69) is 17.4 Å². The second-order valence-electron chi connectivity index (χ2n) is 8.47. The largest absolute Gasteiger partial charge is 0.389 e. The first-order valence-corrected chi connectivity index (χ1v) is 11.4. The Kier molecular flexibility index (Phi) is 6.33. The number of aliphatic hydroxyl groups is 1. The second kappa shape index (κ2) is 9.02. The van der Waals surface area contributed by atoms with Gasteiger partial charge in [0.1, 0.15) is 5.82 Å². The standard InChI is InChI=1S/C26H23ClFNO2S/c1-26(2,31)15-29-25(30)19-7-3-5-17(12-19)23-8-4-6-18-13-22(32-24(18)23)11-16-9-20(27)14-21(28)10-16/h3-10,12-14,31H,11,15H2,1-2H3,(H,29,30). The van der Waals surface area contributed by atoms with Gasteiger partial charge in [-0.1, -0.05) is 41.9 Å². The van der Waals surface area contributed by atoms with Crippen molar-refractivity contribution in [3.63, 3.8) is 0 Å². The topological polar surface area (TPSA) is 49.3 Å². The number of carbonyl (C=O) groups is 1. The summed E-state index contributed by atoms with van der Waals surface area (Å²) < 4.78 is 14.8. The van der Waals surface area contributed by atoms with E-state index in [9.17, 15) is 14.3 Å². The highest BCUT2D eigenvalue weighted by atomic mass is 35.5. The maximum atomic E-state index is 13.7. The van der Waals surface area contributed by atoms with Crippen LogP contribution in [0.3, 0.4) is 0 Å². The number of amides is 1. The number of fused-ring (bicyclic) bond motifs is 1. The van der Waals surface area contributed by atoms with E-state index in [1.807, 2.05) is 30.3 Å². The first-order valence-electron chi connectivity index (χ1n) is 10.3. The molecule has 0 unspecified atom stereocenters. The van der Waals surface area contributed by atoms with Crippen molar-refractivity contribution in [1.82, 2.24) is 5.32 Å². The molecule has 0 bridgehead atoms. The Morgan fingerprint density at radius 3 is 2.62 bits per heavy atom. The van der Waals surface area contributed by atoms with Crippen molar-refractivity contribution in [3.8, 4) is 11.1 Å². The van der Waals surface area contributed by atoms with E-state index in [1.165, 1.54) is 12.1 Å². The zero-order valence-corrected chi connectivity index (χ0v) is 19.4. The van der Waals surface area contributed by atoms with Crippen LogP contribution in [0.1, 0.15) is 34.6 Å². The van der Waals surface area contributed by atoms with Crippen molar-refractivity contribution in [2.75, 3.05) is 6.54 Å². The van der Waals surface area contributed by atoms with Crippen LogP contribution in [-0.4, -0.2) is 23.2 Å². The molecule has 1 amide bonds. The van der Waals surface area contributed by atoms with Gasteiger partial charge in [-0.05, 0) is 72.3 Å². The second-order valence-corrected chi connectivity index (χ2v) is 10.0. The Morgan fingerprint density at radius 1 is 1.09 bits per heavy atom. The summed E-state index contributed by atoms with van der Waals surface area (Å²) in [6, 6.07) is 20.3. The molecule has 3 aromatic carbocycles. The minimum absolute atomic E-state index is 0.171. The van der Waals surface area contributed by atoms with Crippen LogP contribution in [0.5, 0.6) is 0 Å². The normalized spacial score (nSPS) is 11.7. The predicted octanol–water partition coefficient (Wildman–Crippen LogP) is 6.45. The van der Waals surface area contributed by atoms with Gasteiger partial charge in [-0.2, -0.15) is 0 Å². The van der Waals surface area contributed by atoms with Crippen LogP contribution in [-0.2, 0) is 6.42 Å². The van der Waals surface area contributed by atoms with E-state index in [1.54, 1.807) is 37.3 Å². The Hall–Kier alpha value is -2.73. The van der Waals surface area contributed by atoms with Crippen LogP contribution in [0.2, 0.25) is 5.02 Å². The predicted molar refractivity (Wildman–Crippen MR) is 130 cm³/mol. The number of halogens is 2. The van der Waals surface area contributed by atoms with Gasteiger partial charge in [0.25, 0.3) is 5.91 Å². The highest BCUT2D eigenvalue weighted by Crippen LogP contribution is 2.36. The molecule has 6 heteroatoms. The quantitative estimate of drug-likeness (QED) is 0.342. The third-order valence-corrected chi connectivity index (χ3v) is 6.42. The van der Waals surface area contributed by atoms with Crippen molar-refractivity contribution < 1.29 is 14.3 Å². The van der Waals surface area contributed by atoms with E-state index in [0.717, 1.165) is 31.7 Å². The molecule has 0 aliphatic carbocycles. The maximum absolute atomic E-state index is 13.7. The van der Waals surface area contributed by atoms with Gasteiger partial charge in [-0.3, -0.25) is 4.79 Å². The van der Waals surface area contributed by atoms with Crippen molar-refractivity contribution in [3.05, 3.63) is 93.6 Å². The van der Waals surface area contributed by atoms with Crippen LogP contribution in [0.4, 0.5) is 4.39 Å². The first-order chi connectivity index (χ1) is 15.2. The zero-order valence-electron chi connectivity index (χ0n) is 17.8. The van der Waals surface area contributed by atoms with Gasteiger partial charge in [0.2, 0.25) is 0 Å². The van der Waals surface area contributed by atoms with Gasteiger partial charge in [-0.15, -0.1) is 11.3 Å². The van der Waals surface area contributed by atoms with E-state index in [4.69, 9.17) is 11.6 Å². The van der Waals surface area contributed by atoms with Gasteiger partial charge in [0.05, 0.1) is 5.60 Å². The molecule has 0 saturated carbocycles.